The van der Waals surface area contributed by atoms with Gasteiger partial charge in [-0.25, -0.2) is 4.98 Å². The Labute approximate surface area is 153 Å². The molecule has 1 aromatic heterocycles. The van der Waals surface area contributed by atoms with E-state index in [1.807, 2.05) is 6.07 Å². The summed E-state index contributed by atoms with van der Waals surface area (Å²) in [6, 6.07) is 7.19. The van der Waals surface area contributed by atoms with Gasteiger partial charge in [0.2, 0.25) is 0 Å². The summed E-state index contributed by atoms with van der Waals surface area (Å²) in [7, 11) is 3.07. The number of aromatic nitrogens is 1. The summed E-state index contributed by atoms with van der Waals surface area (Å²) in [5.41, 5.74) is 3.31. The molecule has 6 nitrogen and oxygen atoms in total. The molecule has 2 aromatic rings. The molecule has 2 rings (SSSR count). The lowest BCUT2D eigenvalue weighted by atomic mass is 10.2. The molecule has 0 unspecified atom stereocenters. The zero-order chi connectivity index (χ0) is 17.7. The van der Waals surface area contributed by atoms with Crippen LogP contribution in [-0.4, -0.2) is 25.4 Å². The van der Waals surface area contributed by atoms with Crippen LogP contribution in [-0.2, 0) is 0 Å². The Hall–Kier alpha value is -2.20. The molecule has 0 saturated carbocycles. The SMILES string of the molecule is COc1cccc(/C=N/Nc2nc(Cl)c(C#N)c(Cl)c2Cl)c1OC. The summed E-state index contributed by atoms with van der Waals surface area (Å²) >= 11 is 17.9. The van der Waals surface area contributed by atoms with Crippen molar-refractivity contribution in [2.75, 3.05) is 19.6 Å². The number of nitrogens with zero attached hydrogens (tertiary/aromatic N) is 3. The molecule has 0 radical (unpaired) electrons. The summed E-state index contributed by atoms with van der Waals surface area (Å²) in [5.74, 6) is 1.23. The maximum absolute atomic E-state index is 8.95. The molecule has 0 aliphatic rings. The molecular weight excluding hydrogens is 375 g/mol. The van der Waals surface area contributed by atoms with Crippen molar-refractivity contribution < 1.29 is 9.47 Å². The Morgan fingerprint density at radius 1 is 1.21 bits per heavy atom. The van der Waals surface area contributed by atoms with E-state index in [0.717, 1.165) is 0 Å². The number of rotatable bonds is 5. The van der Waals surface area contributed by atoms with E-state index in [1.54, 1.807) is 25.3 Å². The number of pyridine rings is 1. The van der Waals surface area contributed by atoms with E-state index in [9.17, 15) is 0 Å². The van der Waals surface area contributed by atoms with Crippen LogP contribution in [0, 0.1) is 11.3 Å². The lowest BCUT2D eigenvalue weighted by molar-refractivity contribution is 0.354. The van der Waals surface area contributed by atoms with Crippen LogP contribution in [0.25, 0.3) is 0 Å². The topological polar surface area (TPSA) is 79.5 Å². The summed E-state index contributed by atoms with van der Waals surface area (Å²) in [5, 5.41) is 13.0. The number of nitrogens with one attached hydrogen (secondary N) is 1. The largest absolute Gasteiger partial charge is 0.493 e. The molecule has 1 N–H and O–H groups in total. The lowest BCUT2D eigenvalue weighted by Gasteiger charge is -2.10. The second kappa shape index (κ2) is 8.06. The fourth-order valence-electron chi connectivity index (χ4n) is 1.85. The van der Waals surface area contributed by atoms with Gasteiger partial charge in [-0.3, -0.25) is 5.43 Å². The summed E-state index contributed by atoms with van der Waals surface area (Å²) < 4.78 is 10.5. The standard InChI is InChI=1S/C15H11Cl3N4O2/c1-23-10-5-3-4-8(13(10)24-2)7-20-22-15-12(17)11(16)9(6-19)14(18)21-15/h3-5,7H,1-2H3,(H,21,22)/b20-7+. The maximum Gasteiger partial charge on any atom is 0.169 e. The van der Waals surface area contributed by atoms with E-state index < -0.39 is 0 Å². The van der Waals surface area contributed by atoms with Crippen LogP contribution in [0.4, 0.5) is 5.82 Å². The van der Waals surface area contributed by atoms with Crippen molar-refractivity contribution in [3.8, 4) is 17.6 Å². The average Bonchev–Trinajstić information content (AvgIpc) is 2.59. The van der Waals surface area contributed by atoms with Crippen molar-refractivity contribution in [1.29, 1.82) is 5.26 Å². The van der Waals surface area contributed by atoms with Gasteiger partial charge >= 0.3 is 0 Å². The van der Waals surface area contributed by atoms with Crippen molar-refractivity contribution in [2.24, 2.45) is 5.10 Å². The highest BCUT2D eigenvalue weighted by atomic mass is 35.5. The van der Waals surface area contributed by atoms with Crippen LogP contribution in [0.15, 0.2) is 23.3 Å². The van der Waals surface area contributed by atoms with Crippen LogP contribution in [0.5, 0.6) is 11.5 Å². The first-order valence-electron chi connectivity index (χ1n) is 6.48. The number of hydrazone groups is 1. The van der Waals surface area contributed by atoms with Crippen molar-refractivity contribution in [3.63, 3.8) is 0 Å². The van der Waals surface area contributed by atoms with Crippen molar-refractivity contribution in [1.82, 2.24) is 4.98 Å². The van der Waals surface area contributed by atoms with Crippen molar-refractivity contribution >= 4 is 46.8 Å². The van der Waals surface area contributed by atoms with Gasteiger partial charge in [0.25, 0.3) is 0 Å². The summed E-state index contributed by atoms with van der Waals surface area (Å²) in [6.45, 7) is 0. The quantitative estimate of drug-likeness (QED) is 0.469. The number of anilines is 1. The number of hydrogen-bond acceptors (Lipinski definition) is 6. The molecule has 0 amide bonds. The molecule has 24 heavy (non-hydrogen) atoms. The Balaban J connectivity index is 2.30. The zero-order valence-corrected chi connectivity index (χ0v) is 14.9. The minimum atomic E-state index is -0.0661. The summed E-state index contributed by atoms with van der Waals surface area (Å²) in [4.78, 5) is 3.96. The molecule has 9 heteroatoms. The second-order valence-electron chi connectivity index (χ2n) is 4.32. The molecule has 0 bridgehead atoms. The lowest BCUT2D eigenvalue weighted by Crippen LogP contribution is -1.99. The fourth-order valence-corrected chi connectivity index (χ4v) is 2.52. The molecule has 0 aliphatic heterocycles. The molecule has 0 spiro atoms. The number of benzene rings is 1. The first kappa shape index (κ1) is 18.1. The van der Waals surface area contributed by atoms with Gasteiger partial charge in [-0.1, -0.05) is 40.9 Å². The monoisotopic (exact) mass is 384 g/mol. The normalized spacial score (nSPS) is 10.5. The van der Waals surface area contributed by atoms with Gasteiger partial charge in [0.15, 0.2) is 22.5 Å². The Bertz CT molecular complexity index is 834. The van der Waals surface area contributed by atoms with Gasteiger partial charge in [-0.05, 0) is 12.1 Å². The third-order valence-electron chi connectivity index (χ3n) is 2.96. The van der Waals surface area contributed by atoms with E-state index in [4.69, 9.17) is 49.5 Å². The molecular formula is C15H11Cl3N4O2. The van der Waals surface area contributed by atoms with Gasteiger partial charge in [-0.2, -0.15) is 10.4 Å². The summed E-state index contributed by atoms with van der Waals surface area (Å²) in [6.07, 6.45) is 1.50. The van der Waals surface area contributed by atoms with Crippen molar-refractivity contribution in [3.05, 3.63) is 44.5 Å². The van der Waals surface area contributed by atoms with Gasteiger partial charge in [0, 0.05) is 5.56 Å². The van der Waals surface area contributed by atoms with Crippen LogP contribution >= 0.6 is 34.8 Å². The number of hydrogen-bond donors (Lipinski definition) is 1. The van der Waals surface area contributed by atoms with Crippen LogP contribution in [0.3, 0.4) is 0 Å². The van der Waals surface area contributed by atoms with E-state index >= 15 is 0 Å². The highest BCUT2D eigenvalue weighted by Crippen LogP contribution is 2.35. The van der Waals surface area contributed by atoms with E-state index in [0.29, 0.717) is 17.1 Å². The number of nitriles is 1. The average molecular weight is 386 g/mol. The second-order valence-corrected chi connectivity index (χ2v) is 5.43. The van der Waals surface area contributed by atoms with Crippen LogP contribution < -0.4 is 14.9 Å². The van der Waals surface area contributed by atoms with Gasteiger partial charge in [0.1, 0.15) is 16.7 Å². The smallest absolute Gasteiger partial charge is 0.169 e. The van der Waals surface area contributed by atoms with Gasteiger partial charge in [-0.15, -0.1) is 0 Å². The zero-order valence-electron chi connectivity index (χ0n) is 12.6. The van der Waals surface area contributed by atoms with Crippen LogP contribution in [0.1, 0.15) is 11.1 Å². The number of para-hydroxylation sites is 1. The minimum Gasteiger partial charge on any atom is -0.493 e. The van der Waals surface area contributed by atoms with E-state index in [1.165, 1.54) is 13.3 Å². The maximum atomic E-state index is 8.95. The molecule has 1 heterocycles. The van der Waals surface area contributed by atoms with Gasteiger partial charge in [0.05, 0.1) is 25.5 Å². The highest BCUT2D eigenvalue weighted by molar-refractivity contribution is 6.45. The Morgan fingerprint density at radius 3 is 2.58 bits per heavy atom. The number of ether oxygens (including phenoxy) is 2. The minimum absolute atomic E-state index is 0.00679. The molecule has 1 aromatic carbocycles. The third-order valence-corrected chi connectivity index (χ3v) is 4.07. The Morgan fingerprint density at radius 2 is 1.96 bits per heavy atom. The van der Waals surface area contributed by atoms with Crippen molar-refractivity contribution in [2.45, 2.75) is 0 Å². The number of halogens is 3. The predicted molar refractivity (Wildman–Crippen MR) is 94.7 cm³/mol. The predicted octanol–water partition coefficient (Wildman–Crippen LogP) is 4.38. The first-order valence-corrected chi connectivity index (χ1v) is 7.61. The van der Waals surface area contributed by atoms with E-state index in [-0.39, 0.29) is 26.6 Å². The van der Waals surface area contributed by atoms with E-state index in [2.05, 4.69) is 15.5 Å². The van der Waals surface area contributed by atoms with Crippen LogP contribution in [0.2, 0.25) is 15.2 Å². The number of methoxy groups -OCH3 is 2. The fraction of sp³-hybridized carbons (Fsp3) is 0.133. The molecule has 0 atom stereocenters. The molecule has 0 saturated heterocycles. The molecule has 0 aliphatic carbocycles. The molecule has 124 valence electrons. The first-order chi connectivity index (χ1) is 11.5. The highest BCUT2D eigenvalue weighted by Gasteiger charge is 2.16. The molecule has 0 fully saturated rings. The van der Waals surface area contributed by atoms with Gasteiger partial charge < -0.3 is 9.47 Å². The third kappa shape index (κ3) is 3.65. The Kier molecular flexibility index (Phi) is 6.10.